The molecule has 164 valence electrons. The number of rotatable bonds is 11. The van der Waals surface area contributed by atoms with E-state index in [1.54, 1.807) is 12.1 Å². The lowest BCUT2D eigenvalue weighted by molar-refractivity contribution is -0.839. The Morgan fingerprint density at radius 2 is 1.83 bits per heavy atom. The fraction of sp³-hybridized carbons (Fsp3) is 0.650. The average Bonchev–Trinajstić information content (AvgIpc) is 2.62. The van der Waals surface area contributed by atoms with Gasteiger partial charge < -0.3 is 9.16 Å². The van der Waals surface area contributed by atoms with E-state index >= 15 is 0 Å². The zero-order chi connectivity index (χ0) is 22.2. The van der Waals surface area contributed by atoms with E-state index < -0.39 is 19.4 Å². The molecule has 0 N–H and O–H groups in total. The molecule has 0 amide bonds. The van der Waals surface area contributed by atoms with Crippen molar-refractivity contribution in [1.29, 1.82) is 0 Å². The van der Waals surface area contributed by atoms with E-state index in [0.29, 0.717) is 23.5 Å². The molecular weight excluding hydrogens is 394 g/mol. The highest BCUT2D eigenvalue weighted by Gasteiger charge is 2.40. The van der Waals surface area contributed by atoms with Crippen molar-refractivity contribution < 1.29 is 28.9 Å². The van der Waals surface area contributed by atoms with Crippen LogP contribution in [0.2, 0.25) is 18.1 Å². The second kappa shape index (κ2) is 10.5. The lowest BCUT2D eigenvalue weighted by atomic mass is 9.99. The SMILES string of the molecule is CCCCCCc1c(C(=O)OO[N+](=O)[O-])ccc(O[Si](C)(C)C(C)(C)C)c1OC. The molecule has 0 fully saturated rings. The molecule has 0 heterocycles. The van der Waals surface area contributed by atoms with Crippen molar-refractivity contribution in [2.24, 2.45) is 0 Å². The Kier molecular flexibility index (Phi) is 8.94. The molecule has 0 unspecified atom stereocenters. The van der Waals surface area contributed by atoms with Crippen LogP contribution in [0.4, 0.5) is 0 Å². The van der Waals surface area contributed by atoms with Gasteiger partial charge in [-0.15, -0.1) is 10.1 Å². The van der Waals surface area contributed by atoms with E-state index in [1.807, 2.05) is 0 Å². The summed E-state index contributed by atoms with van der Waals surface area (Å²) in [6.45, 7) is 12.8. The molecule has 1 aromatic carbocycles. The lowest BCUT2D eigenvalue weighted by Crippen LogP contribution is -2.44. The maximum absolute atomic E-state index is 12.3. The van der Waals surface area contributed by atoms with Crippen LogP contribution in [-0.2, 0) is 16.3 Å². The maximum Gasteiger partial charge on any atom is 0.374 e. The zero-order valence-electron chi connectivity index (χ0n) is 18.5. The molecular formula is C20H33NO7Si. The number of benzene rings is 1. The molecule has 0 atom stereocenters. The first-order valence-electron chi connectivity index (χ1n) is 9.86. The molecule has 0 aromatic heterocycles. The van der Waals surface area contributed by atoms with Gasteiger partial charge in [0.15, 0.2) is 5.75 Å². The average molecular weight is 428 g/mol. The number of unbranched alkanes of at least 4 members (excludes halogenated alkanes) is 3. The smallest absolute Gasteiger partial charge is 0.374 e. The number of carbonyl (C=O) groups excluding carboxylic acids is 1. The van der Waals surface area contributed by atoms with E-state index in [0.717, 1.165) is 25.7 Å². The molecule has 0 radical (unpaired) electrons. The summed E-state index contributed by atoms with van der Waals surface area (Å²) in [6, 6.07) is 3.20. The molecule has 0 aliphatic heterocycles. The van der Waals surface area contributed by atoms with Crippen LogP contribution >= 0.6 is 0 Å². The summed E-state index contributed by atoms with van der Waals surface area (Å²) in [6.07, 6.45) is 4.54. The molecule has 29 heavy (non-hydrogen) atoms. The molecule has 0 aliphatic rings. The molecule has 0 aliphatic carbocycles. The fourth-order valence-electron chi connectivity index (χ4n) is 2.62. The molecule has 1 aromatic rings. The van der Waals surface area contributed by atoms with Crippen LogP contribution in [0.1, 0.15) is 69.3 Å². The number of nitrogens with zero attached hydrogens (tertiary/aromatic N) is 1. The summed E-state index contributed by atoms with van der Waals surface area (Å²) < 4.78 is 12.0. The van der Waals surface area contributed by atoms with Gasteiger partial charge in [-0.3, -0.25) is 4.89 Å². The molecule has 0 saturated carbocycles. The molecule has 0 saturated heterocycles. The van der Waals surface area contributed by atoms with Gasteiger partial charge in [0, 0.05) is 5.56 Å². The first kappa shape index (κ1) is 24.7. The minimum Gasteiger partial charge on any atom is -0.541 e. The van der Waals surface area contributed by atoms with Gasteiger partial charge in [-0.1, -0.05) is 51.9 Å². The molecule has 8 nitrogen and oxygen atoms in total. The standard InChI is InChI=1S/C20H33NO7Si/c1-8-9-10-11-12-15-16(19(22)26-28-21(23)24)13-14-17(18(15)25-5)27-29(6,7)20(2,3)4/h13-14H,8-12H2,1-7H3. The van der Waals surface area contributed by atoms with Crippen LogP contribution < -0.4 is 9.16 Å². The summed E-state index contributed by atoms with van der Waals surface area (Å²) in [7, 11) is -0.625. The highest BCUT2D eigenvalue weighted by atomic mass is 28.4. The maximum atomic E-state index is 12.3. The number of ether oxygens (including phenoxy) is 1. The van der Waals surface area contributed by atoms with Gasteiger partial charge in [-0.25, -0.2) is 4.79 Å². The van der Waals surface area contributed by atoms with Gasteiger partial charge >= 0.3 is 11.1 Å². The van der Waals surface area contributed by atoms with E-state index in [9.17, 15) is 14.9 Å². The van der Waals surface area contributed by atoms with Gasteiger partial charge in [0.25, 0.3) is 8.32 Å². The first-order chi connectivity index (χ1) is 13.4. The van der Waals surface area contributed by atoms with Crippen molar-refractivity contribution >= 4 is 14.3 Å². The van der Waals surface area contributed by atoms with Crippen molar-refractivity contribution in [3.05, 3.63) is 33.4 Å². The third-order valence-electron chi connectivity index (χ3n) is 5.27. The minimum absolute atomic E-state index is 0.0174. The van der Waals surface area contributed by atoms with Gasteiger partial charge in [0.1, 0.15) is 5.75 Å². The van der Waals surface area contributed by atoms with Crippen LogP contribution in [0, 0.1) is 10.1 Å². The van der Waals surface area contributed by atoms with E-state index in [1.165, 1.54) is 7.11 Å². The highest BCUT2D eigenvalue weighted by molar-refractivity contribution is 6.74. The van der Waals surface area contributed by atoms with Crippen molar-refractivity contribution in [3.8, 4) is 11.5 Å². The molecule has 1 rings (SSSR count). The van der Waals surface area contributed by atoms with Gasteiger partial charge in [-0.05, 0) is 43.1 Å². The van der Waals surface area contributed by atoms with Crippen LogP contribution in [0.3, 0.4) is 0 Å². The Morgan fingerprint density at radius 1 is 1.17 bits per heavy atom. The normalized spacial score (nSPS) is 11.7. The fourth-order valence-corrected chi connectivity index (χ4v) is 3.63. The van der Waals surface area contributed by atoms with Crippen LogP contribution in [0.15, 0.2) is 12.1 Å². The van der Waals surface area contributed by atoms with E-state index in [2.05, 4.69) is 50.7 Å². The summed E-state index contributed by atoms with van der Waals surface area (Å²) in [5.74, 6) is 0.0857. The third-order valence-corrected chi connectivity index (χ3v) is 9.62. The third kappa shape index (κ3) is 6.92. The van der Waals surface area contributed by atoms with Crippen LogP contribution in [0.5, 0.6) is 11.5 Å². The van der Waals surface area contributed by atoms with Gasteiger partial charge in [0.2, 0.25) is 0 Å². The number of methoxy groups -OCH3 is 1. The monoisotopic (exact) mass is 427 g/mol. The predicted octanol–water partition coefficient (Wildman–Crippen LogP) is 5.48. The highest BCUT2D eigenvalue weighted by Crippen LogP contribution is 2.42. The zero-order valence-corrected chi connectivity index (χ0v) is 19.5. The van der Waals surface area contributed by atoms with E-state index in [-0.39, 0.29) is 10.6 Å². The second-order valence-electron chi connectivity index (χ2n) is 8.47. The van der Waals surface area contributed by atoms with Crippen molar-refractivity contribution in [3.63, 3.8) is 0 Å². The second-order valence-corrected chi connectivity index (χ2v) is 13.2. The molecule has 0 bridgehead atoms. The van der Waals surface area contributed by atoms with E-state index in [4.69, 9.17) is 9.16 Å². The Hall–Kier alpha value is -2.29. The van der Waals surface area contributed by atoms with Crippen LogP contribution in [-0.4, -0.2) is 26.5 Å². The summed E-state index contributed by atoms with van der Waals surface area (Å²) in [5.41, 5.74) is 0.777. The molecule has 0 spiro atoms. The summed E-state index contributed by atoms with van der Waals surface area (Å²) >= 11 is 0. The lowest BCUT2D eigenvalue weighted by Gasteiger charge is -2.37. The minimum atomic E-state index is -2.15. The Bertz CT molecular complexity index is 714. The largest absolute Gasteiger partial charge is 0.541 e. The number of hydrogen-bond donors (Lipinski definition) is 0. The predicted molar refractivity (Wildman–Crippen MR) is 112 cm³/mol. The quantitative estimate of drug-likeness (QED) is 0.152. The first-order valence-corrected chi connectivity index (χ1v) is 12.8. The molecule has 9 heteroatoms. The van der Waals surface area contributed by atoms with Gasteiger partial charge in [-0.2, -0.15) is 0 Å². The van der Waals surface area contributed by atoms with Crippen LogP contribution in [0.25, 0.3) is 0 Å². The Morgan fingerprint density at radius 3 is 2.34 bits per heavy atom. The Balaban J connectivity index is 3.32. The van der Waals surface area contributed by atoms with Crippen molar-refractivity contribution in [2.45, 2.75) is 77.9 Å². The van der Waals surface area contributed by atoms with Crippen molar-refractivity contribution in [2.75, 3.05) is 7.11 Å². The van der Waals surface area contributed by atoms with Crippen molar-refractivity contribution in [1.82, 2.24) is 0 Å². The summed E-state index contributed by atoms with van der Waals surface area (Å²) in [4.78, 5) is 30.8. The topological polar surface area (TPSA) is 97.1 Å². The summed E-state index contributed by atoms with van der Waals surface area (Å²) in [5, 5.41) is 9.16. The Labute approximate surface area is 173 Å². The number of hydrogen-bond acceptors (Lipinski definition) is 7. The number of carbonyl (C=O) groups is 1. The van der Waals surface area contributed by atoms with Gasteiger partial charge in [0.05, 0.1) is 12.7 Å².